The van der Waals surface area contributed by atoms with Gasteiger partial charge in [0.2, 0.25) is 12.1 Å². The van der Waals surface area contributed by atoms with E-state index in [0.29, 0.717) is 0 Å². The molecule has 0 rings (SSSR count). The molecule has 0 saturated carbocycles. The van der Waals surface area contributed by atoms with Crippen molar-refractivity contribution in [2.45, 2.75) is 49.9 Å². The molecule has 0 unspecified atom stereocenters. The molecule has 0 aromatic heterocycles. The van der Waals surface area contributed by atoms with Crippen LogP contribution in [0.1, 0.15) is 25.7 Å². The summed E-state index contributed by atoms with van der Waals surface area (Å²) in [5, 5.41) is 78.6. The number of carboxylic acid groups (broad SMARTS) is 8. The summed E-state index contributed by atoms with van der Waals surface area (Å²) < 4.78 is 0. The monoisotopic (exact) mass is 586 g/mol. The molecule has 0 radical (unpaired) electrons. The number of nitrogens with one attached hydrogen (secondary N) is 2. The molecule has 0 aliphatic heterocycles. The first-order valence-corrected chi connectivity index (χ1v) is 8.75. The predicted octanol–water partition coefficient (Wildman–Crippen LogP) is -20.5. The van der Waals surface area contributed by atoms with Crippen molar-refractivity contribution in [1.29, 1.82) is 0 Å². The molecule has 0 heterocycles. The van der Waals surface area contributed by atoms with Gasteiger partial charge >= 0.3 is 142 Å². The van der Waals surface area contributed by atoms with Gasteiger partial charge in [-0.2, -0.15) is 0 Å². The topological polar surface area (TPSA) is 334 Å². The normalized spacial score (nSPS) is 10.8. The maximum Gasteiger partial charge on any atom is 1.00 e. The van der Waals surface area contributed by atoms with Crippen molar-refractivity contribution in [2.24, 2.45) is 0 Å². The molecule has 0 aliphatic rings. The van der Waals surface area contributed by atoms with Crippen molar-refractivity contribution in [3.05, 3.63) is 0 Å². The van der Waals surface area contributed by atoms with Gasteiger partial charge in [-0.25, -0.2) is 19.2 Å². The largest absolute Gasteiger partial charge is 1.00 e. The molecule has 6 N–H and O–H groups in total. The van der Waals surface area contributed by atoms with Crippen LogP contribution in [-0.2, 0) is 38.4 Å². The van der Waals surface area contributed by atoms with Crippen molar-refractivity contribution in [2.75, 3.05) is 0 Å². The van der Waals surface area contributed by atoms with E-state index in [2.05, 4.69) is 0 Å². The molecule has 22 heteroatoms. The van der Waals surface area contributed by atoms with E-state index in [9.17, 15) is 58.8 Å². The molecule has 192 valence electrons. The van der Waals surface area contributed by atoms with Gasteiger partial charge in [-0.15, -0.1) is 0 Å². The van der Waals surface area contributed by atoms with Crippen LogP contribution in [0.3, 0.4) is 0 Å². The number of hydrogen-bond acceptors (Lipinski definition) is 14. The van der Waals surface area contributed by atoms with E-state index in [1.165, 1.54) is 0 Å². The van der Waals surface area contributed by atoms with Crippen LogP contribution in [-0.4, -0.2) is 92.3 Å². The van der Waals surface area contributed by atoms with Crippen LogP contribution in [0.5, 0.6) is 0 Å². The second-order valence-electron chi connectivity index (χ2n) is 6.12. The van der Waals surface area contributed by atoms with Crippen LogP contribution >= 0.6 is 0 Å². The van der Waals surface area contributed by atoms with Gasteiger partial charge in [0.05, 0.1) is 11.9 Å². The van der Waals surface area contributed by atoms with Crippen molar-refractivity contribution < 1.29 is 197 Å². The van der Waals surface area contributed by atoms with Crippen molar-refractivity contribution >= 4 is 47.8 Å². The summed E-state index contributed by atoms with van der Waals surface area (Å²) in [6.45, 7) is 0. The van der Waals surface area contributed by atoms with Gasteiger partial charge in [0.15, 0.2) is 0 Å². The molecule has 0 spiro atoms. The van der Waals surface area contributed by atoms with Crippen LogP contribution in [0.15, 0.2) is 0 Å². The Balaban J connectivity index is -0.000000122. The summed E-state index contributed by atoms with van der Waals surface area (Å²) in [4.78, 5) is 83.0. The summed E-state index contributed by atoms with van der Waals surface area (Å²) in [5.74, 6) is -13.8. The smallest absolute Gasteiger partial charge is 0.550 e. The number of hydrogen-bond donors (Lipinski definition) is 6. The Kier molecular flexibility index (Phi) is 35.7. The Morgan fingerprint density at radius 2 is 0.711 bits per heavy atom. The Bertz CT molecular complexity index is 733. The summed E-state index contributed by atoms with van der Waals surface area (Å²) >= 11 is 0. The summed E-state index contributed by atoms with van der Waals surface area (Å²) in [5.41, 5.74) is 0. The molecular formula is C16H18N2Na4O16. The zero-order chi connectivity index (χ0) is 27.2. The summed E-state index contributed by atoms with van der Waals surface area (Å²) in [7, 11) is 0. The fourth-order valence-corrected chi connectivity index (χ4v) is 1.96. The number of rotatable bonds is 16. The number of carbonyl (C=O) groups excluding carboxylic acids is 4. The third-order valence-corrected chi connectivity index (χ3v) is 3.57. The van der Waals surface area contributed by atoms with E-state index in [1.54, 1.807) is 10.6 Å². The maximum atomic E-state index is 10.5. The van der Waals surface area contributed by atoms with E-state index in [-0.39, 0.29) is 118 Å². The number of carbonyl (C=O) groups is 8. The molecule has 0 bridgehead atoms. The molecule has 18 nitrogen and oxygen atoms in total. The van der Waals surface area contributed by atoms with Gasteiger partial charge in [-0.3, -0.25) is 10.6 Å². The van der Waals surface area contributed by atoms with Crippen molar-refractivity contribution in [1.82, 2.24) is 10.6 Å². The second kappa shape index (κ2) is 26.9. The average molecular weight is 586 g/mol. The van der Waals surface area contributed by atoms with Crippen LogP contribution in [0.2, 0.25) is 0 Å². The van der Waals surface area contributed by atoms with Crippen molar-refractivity contribution in [3.63, 3.8) is 0 Å². The second-order valence-corrected chi connectivity index (χ2v) is 6.12. The maximum absolute atomic E-state index is 10.5. The summed E-state index contributed by atoms with van der Waals surface area (Å²) in [6, 6.07) is -7.71. The Morgan fingerprint density at radius 3 is 0.842 bits per heavy atom. The van der Waals surface area contributed by atoms with Crippen molar-refractivity contribution in [3.8, 4) is 0 Å². The SMILES string of the molecule is O=C([O-])CC[C@H](NC(C(=O)O)C(=O)O)C(=O)[O-].O=C([O-])CC[C@H](NC(C(=O)O)C(=O)O)C(=O)[O-].[Na+].[Na+].[Na+].[Na+]. The van der Waals surface area contributed by atoms with Gasteiger partial charge in [-0.05, 0) is 25.7 Å². The van der Waals surface area contributed by atoms with E-state index in [1.807, 2.05) is 0 Å². The molecule has 2 atom stereocenters. The molecule has 0 saturated heterocycles. The van der Waals surface area contributed by atoms with Gasteiger partial charge in [0.25, 0.3) is 0 Å². The van der Waals surface area contributed by atoms with Crippen LogP contribution in [0, 0.1) is 0 Å². The molecular weight excluding hydrogens is 568 g/mol. The zero-order valence-corrected chi connectivity index (χ0v) is 28.8. The fraction of sp³-hybridized carbons (Fsp3) is 0.500. The third-order valence-electron chi connectivity index (χ3n) is 3.57. The van der Waals surface area contributed by atoms with E-state index >= 15 is 0 Å². The van der Waals surface area contributed by atoms with Gasteiger partial charge in [0.1, 0.15) is 0 Å². The molecule has 38 heavy (non-hydrogen) atoms. The summed E-state index contributed by atoms with van der Waals surface area (Å²) in [6.07, 6.45) is -2.42. The molecule has 0 fully saturated rings. The molecule has 0 aromatic carbocycles. The first kappa shape index (κ1) is 50.5. The standard InChI is InChI=1S/2C8H11NO8.4Na/c2*10-4(11)2-1-3(6(12)13)9-5(7(14)15)8(16)17;;;;/h2*3,5,9H,1-2H2,(H,10,11)(H,12,13)(H,14,15)(H,16,17);;;;/q;;4*+1/p-4/t2*3-;;;;/m00..../s1. The van der Waals surface area contributed by atoms with E-state index in [4.69, 9.17) is 20.4 Å². The van der Waals surface area contributed by atoms with Crippen LogP contribution in [0.25, 0.3) is 0 Å². The zero-order valence-electron chi connectivity index (χ0n) is 20.8. The van der Waals surface area contributed by atoms with Gasteiger partial charge < -0.3 is 60.0 Å². The minimum atomic E-state index is -2.15. The predicted molar refractivity (Wildman–Crippen MR) is 90.5 cm³/mol. The minimum Gasteiger partial charge on any atom is -0.550 e. The fourth-order valence-electron chi connectivity index (χ4n) is 1.96. The van der Waals surface area contributed by atoms with Gasteiger partial charge in [-0.1, -0.05) is 0 Å². The molecule has 0 amide bonds. The Morgan fingerprint density at radius 1 is 0.500 bits per heavy atom. The third kappa shape index (κ3) is 24.7. The Hall–Kier alpha value is -0.320. The van der Waals surface area contributed by atoms with Crippen LogP contribution in [0.4, 0.5) is 0 Å². The van der Waals surface area contributed by atoms with E-state index in [0.717, 1.165) is 0 Å². The number of aliphatic carboxylic acids is 8. The quantitative estimate of drug-likeness (QED) is 0.0722. The first-order valence-electron chi connectivity index (χ1n) is 8.75. The molecule has 0 aromatic rings. The number of carboxylic acids is 8. The Labute approximate surface area is 302 Å². The van der Waals surface area contributed by atoms with Gasteiger partial charge in [0, 0.05) is 24.0 Å². The van der Waals surface area contributed by atoms with Crippen LogP contribution < -0.4 is 149 Å². The minimum absolute atomic E-state index is 0. The molecule has 0 aliphatic carbocycles. The average Bonchev–Trinajstić information content (AvgIpc) is 2.66. The first-order chi connectivity index (χ1) is 15.5. The van der Waals surface area contributed by atoms with E-state index < -0.39 is 97.6 Å².